The van der Waals surface area contributed by atoms with Gasteiger partial charge in [0.2, 0.25) is 0 Å². The molecule has 0 saturated heterocycles. The first-order chi connectivity index (χ1) is 7.53. The first kappa shape index (κ1) is 12.8. The van der Waals surface area contributed by atoms with Crippen LogP contribution in [0.25, 0.3) is 0 Å². The Balaban J connectivity index is 3.00. The van der Waals surface area contributed by atoms with E-state index in [0.29, 0.717) is 18.6 Å². The number of carbonyl (C=O) groups excluding carboxylic acids is 1. The summed E-state index contributed by atoms with van der Waals surface area (Å²) in [5.74, 6) is 0.00745. The van der Waals surface area contributed by atoms with Crippen molar-refractivity contribution in [3.05, 3.63) is 29.6 Å². The molecule has 0 aliphatic carbocycles. The predicted molar refractivity (Wildman–Crippen MR) is 63.6 cm³/mol. The van der Waals surface area contributed by atoms with Gasteiger partial charge in [-0.3, -0.25) is 9.78 Å². The van der Waals surface area contributed by atoms with Crippen molar-refractivity contribution in [3.8, 4) is 0 Å². The van der Waals surface area contributed by atoms with Crippen molar-refractivity contribution in [1.29, 1.82) is 0 Å². The van der Waals surface area contributed by atoms with Gasteiger partial charge in [0.05, 0.1) is 0 Å². The Hall–Kier alpha value is -1.22. The molecular weight excluding hydrogens is 202 g/mol. The van der Waals surface area contributed by atoms with E-state index in [2.05, 4.69) is 4.98 Å². The van der Waals surface area contributed by atoms with Crippen molar-refractivity contribution in [3.63, 3.8) is 0 Å². The van der Waals surface area contributed by atoms with Gasteiger partial charge in [-0.05, 0) is 38.8 Å². The summed E-state index contributed by atoms with van der Waals surface area (Å²) in [5, 5.41) is 0. The van der Waals surface area contributed by atoms with Crippen LogP contribution in [0.4, 0.5) is 0 Å². The molecule has 16 heavy (non-hydrogen) atoms. The zero-order valence-corrected chi connectivity index (χ0v) is 10.4. The number of pyridine rings is 1. The minimum atomic E-state index is -0.732. The van der Waals surface area contributed by atoms with E-state index in [1.165, 1.54) is 0 Å². The van der Waals surface area contributed by atoms with Gasteiger partial charge in [-0.15, -0.1) is 0 Å². The van der Waals surface area contributed by atoms with E-state index in [1.807, 2.05) is 33.8 Å². The van der Waals surface area contributed by atoms with Crippen molar-refractivity contribution in [2.24, 2.45) is 0 Å². The average Bonchev–Trinajstić information content (AvgIpc) is 2.28. The Morgan fingerprint density at radius 1 is 1.44 bits per heavy atom. The predicted octanol–water partition coefficient (Wildman–Crippen LogP) is 2.78. The molecule has 3 nitrogen and oxygen atoms in total. The van der Waals surface area contributed by atoms with Gasteiger partial charge in [0, 0.05) is 24.6 Å². The number of aryl methyl sites for hydroxylation is 1. The van der Waals surface area contributed by atoms with E-state index in [4.69, 9.17) is 4.74 Å². The van der Waals surface area contributed by atoms with Crippen LogP contribution in [0, 0.1) is 6.92 Å². The highest BCUT2D eigenvalue weighted by atomic mass is 16.5. The van der Waals surface area contributed by atoms with E-state index in [1.54, 1.807) is 12.4 Å². The number of Topliss-reactive ketones (excluding diaryl/α,β-unsaturated/α-hetero) is 1. The Labute approximate surface area is 96.8 Å². The molecule has 1 aromatic heterocycles. The maximum atomic E-state index is 12.3. The lowest BCUT2D eigenvalue weighted by Gasteiger charge is -2.26. The van der Waals surface area contributed by atoms with Crippen molar-refractivity contribution in [1.82, 2.24) is 4.98 Å². The summed E-state index contributed by atoms with van der Waals surface area (Å²) in [6.45, 7) is 8.15. The van der Waals surface area contributed by atoms with Crippen LogP contribution in [-0.2, 0) is 4.74 Å². The van der Waals surface area contributed by atoms with Crippen LogP contribution in [0.15, 0.2) is 18.5 Å². The summed E-state index contributed by atoms with van der Waals surface area (Å²) in [5.41, 5.74) is 0.878. The lowest BCUT2D eigenvalue weighted by molar-refractivity contribution is -0.0116. The molecule has 0 aliphatic heterocycles. The van der Waals surface area contributed by atoms with Crippen LogP contribution in [0.5, 0.6) is 0 Å². The molecule has 0 fully saturated rings. The molecule has 0 N–H and O–H groups in total. The molecule has 0 aliphatic rings. The third-order valence-electron chi connectivity index (χ3n) is 2.76. The number of rotatable bonds is 5. The minimum absolute atomic E-state index is 0.00745. The molecule has 1 aromatic rings. The van der Waals surface area contributed by atoms with Crippen LogP contribution in [0.2, 0.25) is 0 Å². The first-order valence-electron chi connectivity index (χ1n) is 5.64. The molecular formula is C13H19NO2. The molecule has 3 heteroatoms. The van der Waals surface area contributed by atoms with Crippen LogP contribution < -0.4 is 0 Å². The molecule has 0 saturated carbocycles. The largest absolute Gasteiger partial charge is 0.367 e. The summed E-state index contributed by atoms with van der Waals surface area (Å²) >= 11 is 0. The second-order valence-electron chi connectivity index (χ2n) is 4.10. The first-order valence-corrected chi connectivity index (χ1v) is 5.64. The van der Waals surface area contributed by atoms with E-state index < -0.39 is 5.60 Å². The Morgan fingerprint density at radius 3 is 2.62 bits per heavy atom. The smallest absolute Gasteiger partial charge is 0.195 e. The molecule has 0 radical (unpaired) electrons. The number of hydrogen-bond donors (Lipinski definition) is 0. The van der Waals surface area contributed by atoms with Crippen molar-refractivity contribution in [2.45, 2.75) is 39.7 Å². The molecule has 1 unspecified atom stereocenters. The summed E-state index contributed by atoms with van der Waals surface area (Å²) in [4.78, 5) is 16.3. The topological polar surface area (TPSA) is 39.2 Å². The lowest BCUT2D eigenvalue weighted by atomic mass is 9.92. The Morgan fingerprint density at radius 2 is 2.12 bits per heavy atom. The summed E-state index contributed by atoms with van der Waals surface area (Å²) < 4.78 is 5.56. The van der Waals surface area contributed by atoms with Gasteiger partial charge in [0.1, 0.15) is 5.60 Å². The van der Waals surface area contributed by atoms with Gasteiger partial charge >= 0.3 is 0 Å². The summed E-state index contributed by atoms with van der Waals surface area (Å²) in [6, 6.07) is 1.85. The third kappa shape index (κ3) is 2.67. The Kier molecular flexibility index (Phi) is 4.19. The Bertz CT molecular complexity index is 376. The standard InChI is InChI=1S/C13H19NO2/c1-5-13(4,16-6-2)12(15)11-7-10(3)8-14-9-11/h7-9H,5-6H2,1-4H3. The van der Waals surface area contributed by atoms with Gasteiger partial charge in [0.25, 0.3) is 0 Å². The highest BCUT2D eigenvalue weighted by molar-refractivity contribution is 6.02. The van der Waals surface area contributed by atoms with Gasteiger partial charge in [-0.2, -0.15) is 0 Å². The molecule has 1 rings (SSSR count). The van der Waals surface area contributed by atoms with Gasteiger partial charge in [-0.25, -0.2) is 0 Å². The van der Waals surface area contributed by atoms with Crippen LogP contribution >= 0.6 is 0 Å². The average molecular weight is 221 g/mol. The van der Waals surface area contributed by atoms with E-state index >= 15 is 0 Å². The fraction of sp³-hybridized carbons (Fsp3) is 0.538. The van der Waals surface area contributed by atoms with Crippen molar-refractivity contribution < 1.29 is 9.53 Å². The highest BCUT2D eigenvalue weighted by Crippen LogP contribution is 2.21. The van der Waals surface area contributed by atoms with Crippen LogP contribution in [-0.4, -0.2) is 23.0 Å². The number of aromatic nitrogens is 1. The number of carbonyl (C=O) groups is 1. The van der Waals surface area contributed by atoms with Crippen LogP contribution in [0.3, 0.4) is 0 Å². The van der Waals surface area contributed by atoms with Crippen molar-refractivity contribution in [2.75, 3.05) is 6.61 Å². The zero-order valence-electron chi connectivity index (χ0n) is 10.4. The second kappa shape index (κ2) is 5.21. The minimum Gasteiger partial charge on any atom is -0.367 e. The SMILES string of the molecule is CCOC(C)(CC)C(=O)c1cncc(C)c1. The maximum absolute atomic E-state index is 12.3. The molecule has 0 spiro atoms. The second-order valence-corrected chi connectivity index (χ2v) is 4.10. The quantitative estimate of drug-likeness (QED) is 0.718. The monoisotopic (exact) mass is 221 g/mol. The molecule has 1 atom stereocenters. The number of ketones is 1. The summed E-state index contributed by atoms with van der Waals surface area (Å²) in [7, 11) is 0. The normalized spacial score (nSPS) is 14.5. The fourth-order valence-electron chi connectivity index (χ4n) is 1.63. The molecule has 0 aromatic carbocycles. The highest BCUT2D eigenvalue weighted by Gasteiger charge is 2.32. The van der Waals surface area contributed by atoms with Crippen molar-refractivity contribution >= 4 is 5.78 Å². The number of hydrogen-bond acceptors (Lipinski definition) is 3. The molecule has 0 amide bonds. The zero-order chi connectivity index (χ0) is 12.2. The third-order valence-corrected chi connectivity index (χ3v) is 2.76. The van der Waals surface area contributed by atoms with Crippen LogP contribution in [0.1, 0.15) is 43.1 Å². The fourth-order valence-corrected chi connectivity index (χ4v) is 1.63. The summed E-state index contributed by atoms with van der Waals surface area (Å²) in [6.07, 6.45) is 4.00. The van der Waals surface area contributed by atoms with Gasteiger partial charge in [-0.1, -0.05) is 6.92 Å². The number of ether oxygens (including phenoxy) is 1. The lowest BCUT2D eigenvalue weighted by Crippen LogP contribution is -2.38. The van der Waals surface area contributed by atoms with E-state index in [9.17, 15) is 4.79 Å². The van der Waals surface area contributed by atoms with Gasteiger partial charge < -0.3 is 4.74 Å². The molecule has 1 heterocycles. The molecule has 0 bridgehead atoms. The van der Waals surface area contributed by atoms with Gasteiger partial charge in [0.15, 0.2) is 5.78 Å². The van der Waals surface area contributed by atoms with E-state index in [0.717, 1.165) is 5.56 Å². The molecule has 88 valence electrons. The number of nitrogens with zero attached hydrogens (tertiary/aromatic N) is 1. The van der Waals surface area contributed by atoms with E-state index in [-0.39, 0.29) is 5.78 Å². The maximum Gasteiger partial charge on any atom is 0.195 e.